The summed E-state index contributed by atoms with van der Waals surface area (Å²) in [6, 6.07) is 1.64. The van der Waals surface area contributed by atoms with Crippen LogP contribution in [0.5, 0.6) is 0 Å². The molecule has 0 N–H and O–H groups in total. The number of likely N-dealkylation sites (N-methyl/N-ethyl adjacent to an activating group) is 1. The molecular formula is C18H21N5O4. The number of aryl methyl sites for hydroxylation is 1. The van der Waals surface area contributed by atoms with Crippen LogP contribution in [0.4, 0.5) is 0 Å². The summed E-state index contributed by atoms with van der Waals surface area (Å²) in [5.74, 6) is 0.816. The van der Waals surface area contributed by atoms with Gasteiger partial charge in [0.1, 0.15) is 6.26 Å². The molecule has 0 fully saturated rings. The minimum absolute atomic E-state index is 0.111. The maximum Gasteiger partial charge on any atom is 0.278 e. The highest BCUT2D eigenvalue weighted by molar-refractivity contribution is 5.93. The number of aromatic nitrogens is 4. The first kappa shape index (κ1) is 17.5. The lowest BCUT2D eigenvalue weighted by Gasteiger charge is -2.14. The summed E-state index contributed by atoms with van der Waals surface area (Å²) in [6.07, 6.45) is 4.22. The van der Waals surface area contributed by atoms with Crippen molar-refractivity contribution in [3.63, 3.8) is 0 Å². The molecule has 0 bridgehead atoms. The Morgan fingerprint density at radius 3 is 3.07 bits per heavy atom. The number of nitrogens with zero attached hydrogens (tertiary/aromatic N) is 5. The topological polar surface area (TPSA) is 99.4 Å². The highest BCUT2D eigenvalue weighted by Gasteiger charge is 2.25. The number of fused-ring (bicyclic) bond motifs is 1. The van der Waals surface area contributed by atoms with E-state index in [1.165, 1.54) is 18.2 Å². The lowest BCUT2D eigenvalue weighted by molar-refractivity contribution is 0.0795. The van der Waals surface area contributed by atoms with Crippen molar-refractivity contribution in [3.05, 3.63) is 41.2 Å². The Balaban J connectivity index is 1.46. The van der Waals surface area contributed by atoms with Crippen LogP contribution in [0.3, 0.4) is 0 Å². The zero-order chi connectivity index (χ0) is 18.8. The Morgan fingerprint density at radius 1 is 1.41 bits per heavy atom. The third kappa shape index (κ3) is 3.37. The monoisotopic (exact) mass is 371 g/mol. The zero-order valence-corrected chi connectivity index (χ0v) is 15.3. The second-order valence-electron chi connectivity index (χ2n) is 6.40. The molecule has 0 atom stereocenters. The number of hydrogen-bond donors (Lipinski definition) is 0. The van der Waals surface area contributed by atoms with Crippen LogP contribution in [0, 0.1) is 0 Å². The van der Waals surface area contributed by atoms with Gasteiger partial charge in [-0.25, -0.2) is 0 Å². The molecule has 0 aromatic carbocycles. The Kier molecular flexibility index (Phi) is 4.76. The molecule has 4 heterocycles. The maximum atomic E-state index is 12.2. The Labute approximate surface area is 155 Å². The van der Waals surface area contributed by atoms with E-state index in [1.807, 2.05) is 4.68 Å². The van der Waals surface area contributed by atoms with Crippen molar-refractivity contribution in [1.29, 1.82) is 0 Å². The van der Waals surface area contributed by atoms with Crippen molar-refractivity contribution in [2.24, 2.45) is 0 Å². The molecule has 3 aromatic rings. The lowest BCUT2D eigenvalue weighted by atomic mass is 10.1. The quantitative estimate of drug-likeness (QED) is 0.653. The average Bonchev–Trinajstić information content (AvgIpc) is 3.44. The Morgan fingerprint density at radius 2 is 2.30 bits per heavy atom. The number of carbonyl (C=O) groups excluding carboxylic acids is 1. The number of amides is 1. The van der Waals surface area contributed by atoms with Crippen LogP contribution < -0.4 is 0 Å². The molecule has 0 saturated carbocycles. The molecule has 0 unspecified atom stereocenters. The summed E-state index contributed by atoms with van der Waals surface area (Å²) in [6.45, 7) is 4.51. The van der Waals surface area contributed by atoms with Crippen LogP contribution in [-0.2, 0) is 30.7 Å². The van der Waals surface area contributed by atoms with E-state index >= 15 is 0 Å². The minimum atomic E-state index is -0.111. The standard InChI is InChI=1S/C18H21N5O4/c1-3-23-14-6-9-26-11-13(14)16(20-23)17-19-15(21-27-17)4-7-22(2)18(24)12-5-8-25-10-12/h5,8,10H,3-4,6-7,9,11H2,1-2H3. The van der Waals surface area contributed by atoms with Gasteiger partial charge in [0.2, 0.25) is 0 Å². The van der Waals surface area contributed by atoms with Crippen LogP contribution in [0.2, 0.25) is 0 Å². The van der Waals surface area contributed by atoms with Crippen LogP contribution in [0.1, 0.15) is 34.4 Å². The largest absolute Gasteiger partial charge is 0.472 e. The fourth-order valence-electron chi connectivity index (χ4n) is 3.17. The van der Waals surface area contributed by atoms with E-state index in [9.17, 15) is 4.79 Å². The number of ether oxygens (including phenoxy) is 1. The molecule has 0 aliphatic carbocycles. The normalized spacial score (nSPS) is 13.6. The SMILES string of the molecule is CCn1nc(-c2nc(CCN(C)C(=O)c3ccoc3)no2)c2c1CCOC2. The third-order valence-electron chi connectivity index (χ3n) is 4.65. The van der Waals surface area contributed by atoms with E-state index in [0.29, 0.717) is 49.2 Å². The second kappa shape index (κ2) is 7.36. The summed E-state index contributed by atoms with van der Waals surface area (Å²) in [5, 5.41) is 8.65. The number of hydrogen-bond acceptors (Lipinski definition) is 7. The number of furan rings is 1. The van der Waals surface area contributed by atoms with E-state index < -0.39 is 0 Å². The van der Waals surface area contributed by atoms with Gasteiger partial charge >= 0.3 is 0 Å². The van der Waals surface area contributed by atoms with Gasteiger partial charge in [-0.15, -0.1) is 0 Å². The van der Waals surface area contributed by atoms with Gasteiger partial charge in [-0.05, 0) is 13.0 Å². The predicted octanol–water partition coefficient (Wildman–Crippen LogP) is 1.93. The summed E-state index contributed by atoms with van der Waals surface area (Å²) in [7, 11) is 1.73. The van der Waals surface area contributed by atoms with Crippen LogP contribution in [0.25, 0.3) is 11.6 Å². The molecule has 27 heavy (non-hydrogen) atoms. The lowest BCUT2D eigenvalue weighted by Crippen LogP contribution is -2.28. The van der Waals surface area contributed by atoms with Crippen molar-refractivity contribution >= 4 is 5.91 Å². The van der Waals surface area contributed by atoms with Crippen LogP contribution >= 0.6 is 0 Å². The first-order valence-corrected chi connectivity index (χ1v) is 8.94. The molecule has 0 spiro atoms. The molecule has 9 heteroatoms. The minimum Gasteiger partial charge on any atom is -0.472 e. The molecule has 0 radical (unpaired) electrons. The molecule has 4 rings (SSSR count). The third-order valence-corrected chi connectivity index (χ3v) is 4.65. The highest BCUT2D eigenvalue weighted by Crippen LogP contribution is 2.28. The fraction of sp³-hybridized carbons (Fsp3) is 0.444. The van der Waals surface area contributed by atoms with Gasteiger partial charge in [-0.2, -0.15) is 10.1 Å². The van der Waals surface area contributed by atoms with Crippen molar-refractivity contribution in [3.8, 4) is 11.6 Å². The van der Waals surface area contributed by atoms with Gasteiger partial charge in [0.05, 0.1) is 25.0 Å². The van der Waals surface area contributed by atoms with Gasteiger partial charge in [0.25, 0.3) is 11.8 Å². The van der Waals surface area contributed by atoms with Crippen molar-refractivity contribution < 1.29 is 18.5 Å². The van der Waals surface area contributed by atoms with E-state index in [0.717, 1.165) is 18.5 Å². The molecule has 1 aliphatic rings. The first-order valence-electron chi connectivity index (χ1n) is 8.94. The van der Waals surface area contributed by atoms with E-state index in [-0.39, 0.29) is 5.91 Å². The average molecular weight is 371 g/mol. The molecule has 9 nitrogen and oxygen atoms in total. The second-order valence-corrected chi connectivity index (χ2v) is 6.40. The van der Waals surface area contributed by atoms with Gasteiger partial charge in [-0.3, -0.25) is 9.48 Å². The molecule has 142 valence electrons. The van der Waals surface area contributed by atoms with E-state index in [1.54, 1.807) is 18.0 Å². The molecule has 0 saturated heterocycles. The predicted molar refractivity (Wildman–Crippen MR) is 93.9 cm³/mol. The summed E-state index contributed by atoms with van der Waals surface area (Å²) < 4.78 is 17.9. The molecular weight excluding hydrogens is 350 g/mol. The summed E-state index contributed by atoms with van der Waals surface area (Å²) >= 11 is 0. The van der Waals surface area contributed by atoms with Gasteiger partial charge in [-0.1, -0.05) is 5.16 Å². The Hall–Kier alpha value is -2.94. The van der Waals surface area contributed by atoms with Crippen LogP contribution in [-0.4, -0.2) is 50.9 Å². The van der Waals surface area contributed by atoms with Crippen molar-refractivity contribution in [1.82, 2.24) is 24.8 Å². The first-order chi connectivity index (χ1) is 13.2. The van der Waals surface area contributed by atoms with Gasteiger partial charge in [0.15, 0.2) is 11.5 Å². The van der Waals surface area contributed by atoms with Crippen molar-refractivity contribution in [2.75, 3.05) is 20.2 Å². The molecule has 1 amide bonds. The maximum absolute atomic E-state index is 12.2. The summed E-state index contributed by atoms with van der Waals surface area (Å²) in [4.78, 5) is 18.3. The van der Waals surface area contributed by atoms with Gasteiger partial charge in [0, 0.05) is 44.2 Å². The molecule has 1 aliphatic heterocycles. The summed E-state index contributed by atoms with van der Waals surface area (Å²) in [5.41, 5.74) is 3.39. The highest BCUT2D eigenvalue weighted by atomic mass is 16.5. The fourth-order valence-corrected chi connectivity index (χ4v) is 3.17. The Bertz CT molecular complexity index is 928. The van der Waals surface area contributed by atoms with E-state index in [4.69, 9.17) is 13.7 Å². The van der Waals surface area contributed by atoms with Crippen molar-refractivity contribution in [2.45, 2.75) is 32.9 Å². The smallest absolute Gasteiger partial charge is 0.278 e. The van der Waals surface area contributed by atoms with Crippen LogP contribution in [0.15, 0.2) is 27.5 Å². The molecule has 3 aromatic heterocycles. The number of carbonyl (C=O) groups is 1. The zero-order valence-electron chi connectivity index (χ0n) is 15.3. The van der Waals surface area contributed by atoms with Gasteiger partial charge < -0.3 is 18.6 Å². The van der Waals surface area contributed by atoms with E-state index in [2.05, 4.69) is 22.2 Å². The number of rotatable bonds is 6.